The number of alkyl halides is 3. The molecule has 0 fully saturated rings. The van der Waals surface area contributed by atoms with Crippen LogP contribution in [-0.4, -0.2) is 19.1 Å². The van der Waals surface area contributed by atoms with Gasteiger partial charge in [0.1, 0.15) is 5.75 Å². The molecular weight excluding hydrogens is 247 g/mol. The SMILES string of the molecule is COC(C)(C)C(N)c1cccc(OC(F)(F)F)c1. The van der Waals surface area contributed by atoms with E-state index in [-0.39, 0.29) is 5.75 Å². The van der Waals surface area contributed by atoms with E-state index in [9.17, 15) is 13.2 Å². The Morgan fingerprint density at radius 1 is 1.22 bits per heavy atom. The molecule has 0 aromatic heterocycles. The summed E-state index contributed by atoms with van der Waals surface area (Å²) in [5.41, 5.74) is 5.79. The van der Waals surface area contributed by atoms with Crippen molar-refractivity contribution in [3.05, 3.63) is 29.8 Å². The molecule has 0 saturated heterocycles. The van der Waals surface area contributed by atoms with Crippen molar-refractivity contribution in [3.8, 4) is 5.75 Å². The van der Waals surface area contributed by atoms with E-state index in [1.165, 1.54) is 25.3 Å². The van der Waals surface area contributed by atoms with E-state index in [4.69, 9.17) is 10.5 Å². The summed E-state index contributed by atoms with van der Waals surface area (Å²) in [6, 6.07) is 5.03. The third kappa shape index (κ3) is 3.89. The second-order valence-electron chi connectivity index (χ2n) is 4.41. The lowest BCUT2D eigenvalue weighted by Crippen LogP contribution is -2.37. The summed E-state index contributed by atoms with van der Waals surface area (Å²) < 4.78 is 45.3. The highest BCUT2D eigenvalue weighted by atomic mass is 19.4. The molecule has 1 aromatic carbocycles. The maximum absolute atomic E-state index is 12.1. The summed E-state index contributed by atoms with van der Waals surface area (Å²) in [4.78, 5) is 0. The standard InChI is InChI=1S/C12H16F3NO2/c1-11(2,17-3)10(16)8-5-4-6-9(7-8)18-12(13,14)15/h4-7,10H,16H2,1-3H3. The minimum Gasteiger partial charge on any atom is -0.406 e. The van der Waals surface area contributed by atoms with Gasteiger partial charge in [-0.3, -0.25) is 0 Å². The van der Waals surface area contributed by atoms with Crippen LogP contribution in [0.15, 0.2) is 24.3 Å². The summed E-state index contributed by atoms with van der Waals surface area (Å²) in [6.45, 7) is 3.52. The molecule has 0 saturated carbocycles. The number of hydrogen-bond acceptors (Lipinski definition) is 3. The first-order valence-corrected chi connectivity index (χ1v) is 5.32. The number of nitrogens with two attached hydrogens (primary N) is 1. The number of hydrogen-bond donors (Lipinski definition) is 1. The van der Waals surface area contributed by atoms with E-state index in [0.29, 0.717) is 5.56 Å². The zero-order valence-electron chi connectivity index (χ0n) is 10.4. The average Bonchev–Trinajstić information content (AvgIpc) is 2.26. The fourth-order valence-corrected chi connectivity index (χ4v) is 1.43. The summed E-state index contributed by atoms with van der Waals surface area (Å²) in [5, 5.41) is 0. The second kappa shape index (κ2) is 5.16. The Bertz CT molecular complexity index is 405. The van der Waals surface area contributed by atoms with Gasteiger partial charge < -0.3 is 15.2 Å². The van der Waals surface area contributed by atoms with Gasteiger partial charge in [-0.1, -0.05) is 12.1 Å². The van der Waals surface area contributed by atoms with E-state index in [1.54, 1.807) is 19.9 Å². The Kier molecular flexibility index (Phi) is 4.24. The molecule has 0 radical (unpaired) electrons. The smallest absolute Gasteiger partial charge is 0.406 e. The Morgan fingerprint density at radius 3 is 2.33 bits per heavy atom. The zero-order valence-corrected chi connectivity index (χ0v) is 10.4. The van der Waals surface area contributed by atoms with Crippen molar-refractivity contribution in [2.24, 2.45) is 5.73 Å². The molecule has 18 heavy (non-hydrogen) atoms. The van der Waals surface area contributed by atoms with Gasteiger partial charge >= 0.3 is 6.36 Å². The lowest BCUT2D eigenvalue weighted by atomic mass is 9.92. The van der Waals surface area contributed by atoms with Crippen molar-refractivity contribution in [1.29, 1.82) is 0 Å². The summed E-state index contributed by atoms with van der Waals surface area (Å²) in [7, 11) is 1.50. The molecule has 102 valence electrons. The van der Waals surface area contributed by atoms with Gasteiger partial charge in [0.15, 0.2) is 0 Å². The van der Waals surface area contributed by atoms with E-state index < -0.39 is 18.0 Å². The molecule has 1 rings (SSSR count). The highest BCUT2D eigenvalue weighted by molar-refractivity contribution is 5.31. The van der Waals surface area contributed by atoms with Crippen LogP contribution < -0.4 is 10.5 Å². The van der Waals surface area contributed by atoms with Gasteiger partial charge in [-0.2, -0.15) is 0 Å². The molecule has 1 aromatic rings. The first kappa shape index (κ1) is 14.8. The quantitative estimate of drug-likeness (QED) is 0.908. The van der Waals surface area contributed by atoms with Crippen LogP contribution in [0, 0.1) is 0 Å². The molecule has 0 amide bonds. The van der Waals surface area contributed by atoms with E-state index in [2.05, 4.69) is 4.74 Å². The number of methoxy groups -OCH3 is 1. The van der Waals surface area contributed by atoms with Gasteiger partial charge in [0.2, 0.25) is 0 Å². The lowest BCUT2D eigenvalue weighted by Gasteiger charge is -2.30. The molecule has 6 heteroatoms. The van der Waals surface area contributed by atoms with Crippen LogP contribution >= 0.6 is 0 Å². The van der Waals surface area contributed by atoms with E-state index >= 15 is 0 Å². The molecule has 3 nitrogen and oxygen atoms in total. The molecule has 0 aliphatic heterocycles. The molecule has 2 N–H and O–H groups in total. The monoisotopic (exact) mass is 263 g/mol. The van der Waals surface area contributed by atoms with Crippen LogP contribution in [0.25, 0.3) is 0 Å². The molecular formula is C12H16F3NO2. The van der Waals surface area contributed by atoms with Crippen molar-refractivity contribution in [2.75, 3.05) is 7.11 Å². The number of halogens is 3. The van der Waals surface area contributed by atoms with Gasteiger partial charge in [-0.25, -0.2) is 0 Å². The van der Waals surface area contributed by atoms with E-state index in [0.717, 1.165) is 0 Å². The topological polar surface area (TPSA) is 44.5 Å². The van der Waals surface area contributed by atoms with Crippen molar-refractivity contribution >= 4 is 0 Å². The summed E-state index contributed by atoms with van der Waals surface area (Å²) in [5.74, 6) is -0.289. The van der Waals surface area contributed by atoms with Crippen molar-refractivity contribution in [1.82, 2.24) is 0 Å². The molecule has 0 heterocycles. The van der Waals surface area contributed by atoms with Crippen LogP contribution in [0.2, 0.25) is 0 Å². The molecule has 0 spiro atoms. The molecule has 0 aliphatic rings. The van der Waals surface area contributed by atoms with E-state index in [1.807, 2.05) is 0 Å². The number of benzene rings is 1. The third-order valence-electron chi connectivity index (χ3n) is 2.73. The van der Waals surface area contributed by atoms with Crippen LogP contribution in [0.5, 0.6) is 5.75 Å². The van der Waals surface area contributed by atoms with Crippen LogP contribution in [0.3, 0.4) is 0 Å². The van der Waals surface area contributed by atoms with Crippen LogP contribution in [0.4, 0.5) is 13.2 Å². The Balaban J connectivity index is 2.95. The van der Waals surface area contributed by atoms with Gasteiger partial charge in [0, 0.05) is 7.11 Å². The average molecular weight is 263 g/mol. The van der Waals surface area contributed by atoms with Gasteiger partial charge in [0.05, 0.1) is 11.6 Å². The third-order valence-corrected chi connectivity index (χ3v) is 2.73. The zero-order chi connectivity index (χ0) is 14.0. The summed E-state index contributed by atoms with van der Waals surface area (Å²) >= 11 is 0. The second-order valence-corrected chi connectivity index (χ2v) is 4.41. The Labute approximate surface area is 104 Å². The predicted octanol–water partition coefficient (Wildman–Crippen LogP) is 3.01. The first-order chi connectivity index (χ1) is 8.15. The minimum absolute atomic E-state index is 0.289. The Morgan fingerprint density at radius 2 is 1.83 bits per heavy atom. The molecule has 0 aliphatic carbocycles. The maximum atomic E-state index is 12.1. The molecule has 1 atom stereocenters. The minimum atomic E-state index is -4.71. The highest BCUT2D eigenvalue weighted by Gasteiger charge is 2.32. The van der Waals surface area contributed by atoms with Gasteiger partial charge in [-0.15, -0.1) is 13.2 Å². The highest BCUT2D eigenvalue weighted by Crippen LogP contribution is 2.30. The number of rotatable bonds is 4. The van der Waals surface area contributed by atoms with Crippen LogP contribution in [-0.2, 0) is 4.74 Å². The fourth-order valence-electron chi connectivity index (χ4n) is 1.43. The van der Waals surface area contributed by atoms with Crippen molar-refractivity contribution in [2.45, 2.75) is 31.9 Å². The maximum Gasteiger partial charge on any atom is 0.573 e. The Hall–Kier alpha value is -1.27. The van der Waals surface area contributed by atoms with Crippen molar-refractivity contribution in [3.63, 3.8) is 0 Å². The van der Waals surface area contributed by atoms with Gasteiger partial charge in [0.25, 0.3) is 0 Å². The molecule has 1 unspecified atom stereocenters. The van der Waals surface area contributed by atoms with Crippen LogP contribution in [0.1, 0.15) is 25.5 Å². The lowest BCUT2D eigenvalue weighted by molar-refractivity contribution is -0.274. The number of ether oxygens (including phenoxy) is 2. The normalized spacial score (nSPS) is 14.4. The fraction of sp³-hybridized carbons (Fsp3) is 0.500. The summed E-state index contributed by atoms with van der Waals surface area (Å²) in [6.07, 6.45) is -4.71. The predicted molar refractivity (Wildman–Crippen MR) is 61.1 cm³/mol. The van der Waals surface area contributed by atoms with Crippen molar-refractivity contribution < 1.29 is 22.6 Å². The first-order valence-electron chi connectivity index (χ1n) is 5.32. The van der Waals surface area contributed by atoms with Gasteiger partial charge in [-0.05, 0) is 31.5 Å². The largest absolute Gasteiger partial charge is 0.573 e. The molecule has 0 bridgehead atoms.